The molecule has 0 bridgehead atoms. The number of aromatic carboxylic acids is 1. The maximum absolute atomic E-state index is 11.7. The van der Waals surface area contributed by atoms with Crippen LogP contribution in [0.15, 0.2) is 52.3 Å². The van der Waals surface area contributed by atoms with Crippen LogP contribution < -0.4 is 5.73 Å². The van der Waals surface area contributed by atoms with Gasteiger partial charge in [0.15, 0.2) is 0 Å². The van der Waals surface area contributed by atoms with Crippen molar-refractivity contribution in [3.8, 4) is 5.69 Å². The summed E-state index contributed by atoms with van der Waals surface area (Å²) in [6.45, 7) is 0. The second-order valence-corrected chi connectivity index (χ2v) is 8.39. The molecule has 1 aromatic heterocycles. The minimum Gasteiger partial charge on any atom is -0.478 e. The van der Waals surface area contributed by atoms with Crippen molar-refractivity contribution in [2.75, 3.05) is 5.73 Å². The lowest BCUT2D eigenvalue weighted by Gasteiger charge is -2.07. The van der Waals surface area contributed by atoms with Gasteiger partial charge in [-0.1, -0.05) is 11.1 Å². The molecule has 4 aromatic rings. The van der Waals surface area contributed by atoms with Gasteiger partial charge in [0.2, 0.25) is 0 Å². The molecule has 0 atom stereocenters. The summed E-state index contributed by atoms with van der Waals surface area (Å²) in [5, 5.41) is 30.8. The van der Waals surface area contributed by atoms with Gasteiger partial charge in [-0.05, 0) is 36.4 Å². The number of carbonyl (C=O) groups is 1. The van der Waals surface area contributed by atoms with E-state index < -0.39 is 21.0 Å². The summed E-state index contributed by atoms with van der Waals surface area (Å²) in [6, 6.07) is 9.69. The predicted molar refractivity (Wildman–Crippen MR) is 108 cm³/mol. The average molecular weight is 464 g/mol. The van der Waals surface area contributed by atoms with Gasteiger partial charge in [0.05, 0.1) is 22.5 Å². The van der Waals surface area contributed by atoms with Crippen molar-refractivity contribution in [1.29, 1.82) is 0 Å². The molecule has 0 unspecified atom stereocenters. The molecule has 0 fully saturated rings. The normalized spacial score (nSPS) is 11.9. The van der Waals surface area contributed by atoms with Gasteiger partial charge in [-0.15, -0.1) is 19.3 Å². The number of aromatic nitrogens is 3. The van der Waals surface area contributed by atoms with E-state index in [0.717, 1.165) is 10.9 Å². The van der Waals surface area contributed by atoms with Crippen molar-refractivity contribution in [1.82, 2.24) is 15.0 Å². The maximum atomic E-state index is 11.7. The van der Waals surface area contributed by atoms with E-state index in [1.54, 1.807) is 12.1 Å². The molecule has 31 heavy (non-hydrogen) atoms. The predicted octanol–water partition coefficient (Wildman–Crippen LogP) is 2.53. The molecule has 1 heterocycles. The molecule has 14 heteroatoms. The van der Waals surface area contributed by atoms with E-state index in [2.05, 4.69) is 19.6 Å². The van der Waals surface area contributed by atoms with Crippen LogP contribution >= 0.6 is 12.0 Å². The fourth-order valence-corrected chi connectivity index (χ4v) is 4.18. The first-order valence-electron chi connectivity index (χ1n) is 8.28. The number of nitrogens with two attached hydrogens (primary N) is 1. The lowest BCUT2D eigenvalue weighted by molar-refractivity contribution is -0.432. The number of carboxylic acid groups (broad SMARTS) is 1. The molecule has 0 aliphatic carbocycles. The molecule has 12 nitrogen and oxygen atoms in total. The molecule has 5 N–H and O–H groups in total. The fraction of sp³-hybridized carbons (Fsp3) is 0. The smallest absolute Gasteiger partial charge is 0.338 e. The van der Waals surface area contributed by atoms with E-state index in [1.807, 2.05) is 0 Å². The van der Waals surface area contributed by atoms with Crippen LogP contribution in [0.1, 0.15) is 10.4 Å². The summed E-state index contributed by atoms with van der Waals surface area (Å²) in [7, 11) is -4.60. The molecular formula is C17H12N4O8S2. The topological polar surface area (TPSA) is 187 Å². The Labute approximate surface area is 177 Å². The van der Waals surface area contributed by atoms with Crippen LogP contribution in [-0.4, -0.2) is 44.3 Å². The van der Waals surface area contributed by atoms with Crippen molar-refractivity contribution in [2.45, 2.75) is 9.79 Å². The number of carboxylic acids is 1. The molecule has 160 valence electrons. The second kappa shape index (κ2) is 7.77. The zero-order chi connectivity index (χ0) is 22.3. The van der Waals surface area contributed by atoms with Crippen LogP contribution in [0.2, 0.25) is 0 Å². The van der Waals surface area contributed by atoms with Gasteiger partial charge in [-0.3, -0.25) is 4.55 Å². The van der Waals surface area contributed by atoms with Crippen LogP contribution in [0, 0.1) is 0 Å². The third kappa shape index (κ3) is 3.90. The number of hydrogen-bond acceptors (Lipinski definition) is 10. The summed E-state index contributed by atoms with van der Waals surface area (Å²) in [5.41, 5.74) is 6.47. The molecule has 0 spiro atoms. The van der Waals surface area contributed by atoms with Crippen molar-refractivity contribution in [3.63, 3.8) is 0 Å². The molecule has 0 aliphatic heterocycles. The van der Waals surface area contributed by atoms with Crippen LogP contribution in [0.4, 0.5) is 5.69 Å². The Kier molecular flexibility index (Phi) is 5.26. The second-order valence-electron chi connectivity index (χ2n) is 6.22. The zero-order valence-corrected chi connectivity index (χ0v) is 16.8. The van der Waals surface area contributed by atoms with E-state index in [0.29, 0.717) is 22.9 Å². The van der Waals surface area contributed by atoms with Gasteiger partial charge < -0.3 is 10.8 Å². The average Bonchev–Trinajstić information content (AvgIpc) is 3.15. The molecule has 3 aromatic carbocycles. The number of hydrogen-bond donors (Lipinski definition) is 4. The minimum absolute atomic E-state index is 0.132. The van der Waals surface area contributed by atoms with E-state index >= 15 is 0 Å². The highest BCUT2D eigenvalue weighted by molar-refractivity contribution is 7.94. The number of fused-ring (bicyclic) bond motifs is 3. The monoisotopic (exact) mass is 464 g/mol. The standard InChI is InChI=1S/C17H12N4O8S2/c18-8-1-4-14(12(5-8)17(22)23)21-19-13-3-2-10-11(16(13)20-21)6-9(31(25,26)27)7-15(10)30-29-28-24/h1-7,24H,18H2,(H,22,23)(H,25,26,27). The van der Waals surface area contributed by atoms with E-state index in [-0.39, 0.29) is 32.7 Å². The number of anilines is 1. The molecular weight excluding hydrogens is 452 g/mol. The first-order valence-corrected chi connectivity index (χ1v) is 10.5. The Hall–Kier alpha value is -3.27. The number of rotatable bonds is 6. The van der Waals surface area contributed by atoms with Gasteiger partial charge in [0, 0.05) is 21.4 Å². The maximum Gasteiger partial charge on any atom is 0.338 e. The first-order chi connectivity index (χ1) is 14.7. The Morgan fingerprint density at radius 2 is 1.87 bits per heavy atom. The number of benzene rings is 3. The molecule has 0 saturated carbocycles. The van der Waals surface area contributed by atoms with Gasteiger partial charge in [-0.25, -0.2) is 10.1 Å². The fourth-order valence-electron chi connectivity index (χ4n) is 3.03. The van der Waals surface area contributed by atoms with Crippen molar-refractivity contribution in [3.05, 3.63) is 48.0 Å². The van der Waals surface area contributed by atoms with Crippen molar-refractivity contribution < 1.29 is 37.5 Å². The van der Waals surface area contributed by atoms with Crippen LogP contribution in [0.25, 0.3) is 27.5 Å². The zero-order valence-electron chi connectivity index (χ0n) is 15.2. The summed E-state index contributed by atoms with van der Waals surface area (Å²) in [6.07, 6.45) is 0. The van der Waals surface area contributed by atoms with E-state index in [4.69, 9.17) is 11.0 Å². The first kappa shape index (κ1) is 21.0. The lowest BCUT2D eigenvalue weighted by Crippen LogP contribution is -2.08. The SMILES string of the molecule is Nc1ccc(-n2nc3ccc4c(SOOO)cc(S(=O)(=O)O)cc4c3n2)c(C(=O)O)c1. The third-order valence-electron chi connectivity index (χ3n) is 4.34. The largest absolute Gasteiger partial charge is 0.478 e. The Morgan fingerprint density at radius 3 is 2.55 bits per heavy atom. The van der Waals surface area contributed by atoms with Crippen molar-refractivity contribution >= 4 is 55.6 Å². The highest BCUT2D eigenvalue weighted by Crippen LogP contribution is 2.35. The third-order valence-corrected chi connectivity index (χ3v) is 5.81. The summed E-state index contributed by atoms with van der Waals surface area (Å²) < 4.78 is 37.4. The Balaban J connectivity index is 2.01. The van der Waals surface area contributed by atoms with Crippen molar-refractivity contribution in [2.24, 2.45) is 0 Å². The summed E-state index contributed by atoms with van der Waals surface area (Å²) in [4.78, 5) is 12.4. The number of nitrogen functional groups attached to an aromatic ring is 1. The molecule has 4 rings (SSSR count). The van der Waals surface area contributed by atoms with E-state index in [1.165, 1.54) is 24.3 Å². The Bertz CT molecular complexity index is 1450. The molecule has 0 radical (unpaired) electrons. The van der Waals surface area contributed by atoms with Gasteiger partial charge in [0.25, 0.3) is 10.1 Å². The lowest BCUT2D eigenvalue weighted by atomic mass is 10.1. The highest BCUT2D eigenvalue weighted by Gasteiger charge is 2.20. The number of nitrogens with zero attached hydrogens (tertiary/aromatic N) is 3. The van der Waals surface area contributed by atoms with Crippen LogP contribution in [-0.2, 0) is 19.5 Å². The van der Waals surface area contributed by atoms with Gasteiger partial charge >= 0.3 is 5.97 Å². The highest BCUT2D eigenvalue weighted by atomic mass is 32.2. The molecule has 0 aliphatic rings. The molecule has 0 saturated heterocycles. The van der Waals surface area contributed by atoms with Crippen LogP contribution in [0.3, 0.4) is 0 Å². The Morgan fingerprint density at radius 1 is 1.10 bits per heavy atom. The van der Waals surface area contributed by atoms with Gasteiger partial charge in [0.1, 0.15) is 16.7 Å². The minimum atomic E-state index is -4.60. The van der Waals surface area contributed by atoms with E-state index in [9.17, 15) is 22.9 Å². The van der Waals surface area contributed by atoms with Gasteiger partial charge in [-0.2, -0.15) is 8.42 Å². The molecule has 0 amide bonds. The van der Waals surface area contributed by atoms with Crippen LogP contribution in [0.5, 0.6) is 0 Å². The summed E-state index contributed by atoms with van der Waals surface area (Å²) in [5.74, 6) is -1.23. The quantitative estimate of drug-likeness (QED) is 0.107. The summed E-state index contributed by atoms with van der Waals surface area (Å²) >= 11 is 0.506.